The van der Waals surface area contributed by atoms with Gasteiger partial charge in [0.15, 0.2) is 17.3 Å². The lowest BCUT2D eigenvalue weighted by atomic mass is 10.0. The van der Waals surface area contributed by atoms with Gasteiger partial charge in [-0.25, -0.2) is 14.5 Å². The van der Waals surface area contributed by atoms with Gasteiger partial charge in [-0.15, -0.1) is 0 Å². The summed E-state index contributed by atoms with van der Waals surface area (Å²) in [6, 6.07) is 11.7. The fourth-order valence-electron chi connectivity index (χ4n) is 4.67. The Bertz CT molecular complexity index is 1350. The third-order valence-electron chi connectivity index (χ3n) is 6.67. The van der Waals surface area contributed by atoms with Gasteiger partial charge >= 0.3 is 0 Å². The summed E-state index contributed by atoms with van der Waals surface area (Å²) < 4.78 is 24.9. The first-order valence-corrected chi connectivity index (χ1v) is 13.8. The molecule has 4 rings (SSSR count). The van der Waals surface area contributed by atoms with Crippen molar-refractivity contribution in [2.75, 3.05) is 33.3 Å². The lowest BCUT2D eigenvalue weighted by Gasteiger charge is -2.26. The molecule has 0 radical (unpaired) electrons. The number of imidazole rings is 1. The van der Waals surface area contributed by atoms with E-state index in [9.17, 15) is 0 Å². The Hall–Kier alpha value is -3.53. The predicted molar refractivity (Wildman–Crippen MR) is 155 cm³/mol. The maximum atomic E-state index is 5.74. The second-order valence-electron chi connectivity index (χ2n) is 9.48. The topological polar surface area (TPSA) is 83.2 Å². The minimum absolute atomic E-state index is 0.458. The smallest absolute Gasteiger partial charge is 0.198 e. The Morgan fingerprint density at radius 3 is 2.00 bits per heavy atom. The average Bonchev–Trinajstić information content (AvgIpc) is 3.32. The van der Waals surface area contributed by atoms with Crippen molar-refractivity contribution >= 4 is 27.4 Å². The van der Waals surface area contributed by atoms with Crippen LogP contribution in [0.2, 0.25) is 0 Å². The number of rotatable bonds is 13. The Morgan fingerprint density at radius 1 is 0.897 bits per heavy atom. The molecule has 0 N–H and O–H groups in total. The molecule has 2 aromatic carbocycles. The van der Waals surface area contributed by atoms with Crippen molar-refractivity contribution in [2.45, 2.75) is 46.2 Å². The number of methoxy groups -OCH3 is 4. The van der Waals surface area contributed by atoms with Crippen molar-refractivity contribution in [3.8, 4) is 23.0 Å². The lowest BCUT2D eigenvalue weighted by Crippen LogP contribution is -2.26. The Balaban J connectivity index is 1.85. The van der Waals surface area contributed by atoms with Crippen LogP contribution in [-0.2, 0) is 19.5 Å². The van der Waals surface area contributed by atoms with Gasteiger partial charge in [-0.1, -0.05) is 26.7 Å². The summed E-state index contributed by atoms with van der Waals surface area (Å²) in [5, 5.41) is 4.81. The summed E-state index contributed by atoms with van der Waals surface area (Å²) in [4.78, 5) is 11.9. The van der Waals surface area contributed by atoms with Crippen LogP contribution >= 0.6 is 15.9 Å². The summed E-state index contributed by atoms with van der Waals surface area (Å²) in [6.07, 6.45) is 4.75. The molecule has 0 spiro atoms. The first kappa shape index (κ1) is 28.5. The van der Waals surface area contributed by atoms with Gasteiger partial charge in [-0.3, -0.25) is 0 Å². The molecule has 0 aliphatic carbocycles. The van der Waals surface area contributed by atoms with Crippen LogP contribution in [0.4, 0.5) is 5.82 Å². The molecule has 10 heteroatoms. The third-order valence-corrected chi connectivity index (χ3v) is 7.21. The SMILES string of the molecule is CCC[C@H](C)Cc1nc(N(Cc2ccc(OC)cc2OC)Cc2ccc(OC)cc2OC)c2ncc(Br)n2n1. The lowest BCUT2D eigenvalue weighted by molar-refractivity contribution is 0.389. The third kappa shape index (κ3) is 6.55. The Labute approximate surface area is 238 Å². The molecule has 1 atom stereocenters. The monoisotopic (exact) mass is 597 g/mol. The van der Waals surface area contributed by atoms with Gasteiger partial charge in [-0.05, 0) is 46.1 Å². The minimum Gasteiger partial charge on any atom is -0.497 e. The van der Waals surface area contributed by atoms with Gasteiger partial charge < -0.3 is 23.8 Å². The summed E-state index contributed by atoms with van der Waals surface area (Å²) in [6.45, 7) is 5.44. The Morgan fingerprint density at radius 2 is 1.49 bits per heavy atom. The molecule has 0 aliphatic rings. The summed E-state index contributed by atoms with van der Waals surface area (Å²) in [5.74, 6) is 4.87. The molecule has 0 unspecified atom stereocenters. The first-order valence-electron chi connectivity index (χ1n) is 13.0. The highest BCUT2D eigenvalue weighted by molar-refractivity contribution is 9.10. The summed E-state index contributed by atoms with van der Waals surface area (Å²) in [7, 11) is 6.62. The van der Waals surface area contributed by atoms with Gasteiger partial charge in [0.2, 0.25) is 0 Å². The van der Waals surface area contributed by atoms with Gasteiger partial charge in [0.1, 0.15) is 27.6 Å². The largest absolute Gasteiger partial charge is 0.497 e. The van der Waals surface area contributed by atoms with Crippen molar-refractivity contribution in [2.24, 2.45) is 5.92 Å². The van der Waals surface area contributed by atoms with E-state index in [1.165, 1.54) is 0 Å². The van der Waals surface area contributed by atoms with Crippen LogP contribution in [0.1, 0.15) is 43.6 Å². The highest BCUT2D eigenvalue weighted by Crippen LogP contribution is 2.33. The van der Waals surface area contributed by atoms with Crippen molar-refractivity contribution in [3.63, 3.8) is 0 Å². The van der Waals surface area contributed by atoms with Gasteiger partial charge in [-0.2, -0.15) is 5.10 Å². The molecule has 2 aromatic heterocycles. The van der Waals surface area contributed by atoms with E-state index in [1.54, 1.807) is 34.6 Å². The number of benzene rings is 2. The molecular weight excluding hydrogens is 562 g/mol. The van der Waals surface area contributed by atoms with Crippen LogP contribution in [0, 0.1) is 5.92 Å². The molecule has 0 amide bonds. The highest BCUT2D eigenvalue weighted by Gasteiger charge is 2.22. The van der Waals surface area contributed by atoms with Crippen LogP contribution in [-0.4, -0.2) is 48.0 Å². The standard InChI is InChI=1S/C29H36BrN5O4/c1-7-8-19(2)13-27-32-29(28-31-16-26(30)35(28)33-27)34(17-20-9-11-22(36-3)14-24(20)38-5)18-21-10-12-23(37-4)15-25(21)39-6/h9-12,14-16,19H,7-8,13,17-18H2,1-6H3/t19-/m0/s1. The average molecular weight is 599 g/mol. The van der Waals surface area contributed by atoms with Gasteiger partial charge in [0, 0.05) is 42.8 Å². The number of hydrogen-bond acceptors (Lipinski definition) is 8. The molecule has 208 valence electrons. The zero-order valence-corrected chi connectivity index (χ0v) is 25.0. The number of aromatic nitrogens is 4. The van der Waals surface area contributed by atoms with E-state index in [4.69, 9.17) is 29.0 Å². The Kier molecular flexibility index (Phi) is 9.50. The normalized spacial score (nSPS) is 11.9. The quantitative estimate of drug-likeness (QED) is 0.183. The molecule has 0 aliphatic heterocycles. The maximum Gasteiger partial charge on any atom is 0.198 e. The fourth-order valence-corrected chi connectivity index (χ4v) is 5.02. The summed E-state index contributed by atoms with van der Waals surface area (Å²) in [5.41, 5.74) is 2.62. The number of nitrogens with zero attached hydrogens (tertiary/aromatic N) is 5. The zero-order chi connectivity index (χ0) is 27.9. The number of hydrogen-bond donors (Lipinski definition) is 0. The van der Waals surface area contributed by atoms with Crippen molar-refractivity contribution in [3.05, 3.63) is 64.1 Å². The van der Waals surface area contributed by atoms with Crippen LogP contribution < -0.4 is 23.8 Å². The second kappa shape index (κ2) is 13.0. The van der Waals surface area contributed by atoms with E-state index in [2.05, 4.69) is 39.7 Å². The molecule has 0 bridgehead atoms. The molecule has 4 aromatic rings. The molecular formula is C29H36BrN5O4. The maximum absolute atomic E-state index is 5.74. The van der Waals surface area contributed by atoms with E-state index in [0.717, 1.165) is 69.6 Å². The number of halogens is 1. The van der Waals surface area contributed by atoms with Crippen LogP contribution in [0.15, 0.2) is 47.2 Å². The van der Waals surface area contributed by atoms with Crippen LogP contribution in [0.3, 0.4) is 0 Å². The molecule has 0 fully saturated rings. The summed E-state index contributed by atoms with van der Waals surface area (Å²) >= 11 is 3.62. The van der Waals surface area contributed by atoms with Crippen molar-refractivity contribution in [1.82, 2.24) is 19.6 Å². The number of fused-ring (bicyclic) bond motifs is 1. The first-order chi connectivity index (χ1) is 18.9. The molecule has 39 heavy (non-hydrogen) atoms. The predicted octanol–water partition coefficient (Wildman–Crippen LogP) is 6.11. The molecule has 2 heterocycles. The molecule has 0 saturated carbocycles. The molecule has 0 saturated heterocycles. The highest BCUT2D eigenvalue weighted by atomic mass is 79.9. The van der Waals surface area contributed by atoms with E-state index >= 15 is 0 Å². The van der Waals surface area contributed by atoms with E-state index in [0.29, 0.717) is 24.7 Å². The van der Waals surface area contributed by atoms with Crippen LogP contribution in [0.5, 0.6) is 23.0 Å². The number of ether oxygens (including phenoxy) is 4. The van der Waals surface area contributed by atoms with E-state index in [-0.39, 0.29) is 0 Å². The second-order valence-corrected chi connectivity index (χ2v) is 10.3. The van der Waals surface area contributed by atoms with Gasteiger partial charge in [0.25, 0.3) is 0 Å². The molecule has 9 nitrogen and oxygen atoms in total. The van der Waals surface area contributed by atoms with Crippen molar-refractivity contribution in [1.29, 1.82) is 0 Å². The zero-order valence-electron chi connectivity index (χ0n) is 23.4. The number of anilines is 1. The van der Waals surface area contributed by atoms with E-state index in [1.807, 2.05) is 40.9 Å². The minimum atomic E-state index is 0.458. The van der Waals surface area contributed by atoms with E-state index < -0.39 is 0 Å². The van der Waals surface area contributed by atoms with Crippen LogP contribution in [0.25, 0.3) is 5.65 Å². The van der Waals surface area contributed by atoms with Gasteiger partial charge in [0.05, 0.1) is 34.6 Å². The van der Waals surface area contributed by atoms with Crippen molar-refractivity contribution < 1.29 is 18.9 Å². The fraction of sp³-hybridized carbons (Fsp3) is 0.414.